The third kappa shape index (κ3) is 49.6. The van der Waals surface area contributed by atoms with E-state index in [1.165, 1.54) is 0 Å². The number of halogens is 2. The van der Waals surface area contributed by atoms with Gasteiger partial charge in [-0.3, -0.25) is 0 Å². The third-order valence-corrected chi connectivity index (χ3v) is 0. The first-order valence-corrected chi connectivity index (χ1v) is 1.02. The van der Waals surface area contributed by atoms with Gasteiger partial charge in [0.1, 0.15) is 0 Å². The molecule has 0 saturated heterocycles. The van der Waals surface area contributed by atoms with Crippen molar-refractivity contribution in [2.24, 2.45) is 0 Å². The van der Waals surface area contributed by atoms with Crippen molar-refractivity contribution in [3.8, 4) is 0 Å². The summed E-state index contributed by atoms with van der Waals surface area (Å²) in [7, 11) is 0. The van der Waals surface area contributed by atoms with E-state index in [0.29, 0.717) is 0 Å². The maximum absolute atomic E-state index is 7.57. The highest BCUT2D eigenvalue weighted by Gasteiger charge is 1.34. The van der Waals surface area contributed by atoms with Gasteiger partial charge in [0.15, 0.2) is 0 Å². The summed E-state index contributed by atoms with van der Waals surface area (Å²) >= 11 is 0. The van der Waals surface area contributed by atoms with Crippen LogP contribution in [0.4, 0.5) is 0 Å². The predicted octanol–water partition coefficient (Wildman–Crippen LogP) is 1.15. The molecule has 0 fully saturated rings. The van der Waals surface area contributed by atoms with Gasteiger partial charge in [-0.2, -0.15) is 0 Å². The van der Waals surface area contributed by atoms with Crippen LogP contribution < -0.4 is 0 Å². The molecule has 0 aliphatic carbocycles. The van der Waals surface area contributed by atoms with Crippen molar-refractivity contribution in [1.82, 2.24) is 0 Å². The quantitative estimate of drug-likeness (QED) is 0.632. The Morgan fingerprint density at radius 3 is 1.40 bits per heavy atom. The van der Waals surface area contributed by atoms with Crippen molar-refractivity contribution in [1.29, 1.82) is 0 Å². The maximum atomic E-state index is 7.57. The first kappa shape index (κ1) is 16.8. The molecule has 0 heterocycles. The number of hydrogen-bond donors (Lipinski definition) is 1. The van der Waals surface area contributed by atoms with Gasteiger partial charge in [-0.05, 0) is 6.92 Å². The lowest BCUT2D eigenvalue weighted by Crippen LogP contribution is -1.57. The van der Waals surface area contributed by atoms with E-state index < -0.39 is 0 Å². The highest BCUT2D eigenvalue weighted by atomic mass is 79.9. The summed E-state index contributed by atoms with van der Waals surface area (Å²) in [5.41, 5.74) is 0. The van der Waals surface area contributed by atoms with Crippen molar-refractivity contribution in [2.75, 3.05) is 6.61 Å². The van der Waals surface area contributed by atoms with Crippen LogP contribution in [0.25, 0.3) is 0 Å². The maximum Gasteiger partial charge on any atom is 0.0402 e. The van der Waals surface area contributed by atoms with Gasteiger partial charge in [-0.15, -0.1) is 34.0 Å². The van der Waals surface area contributed by atoms with Crippen LogP contribution in [0.2, 0.25) is 0 Å². The Labute approximate surface area is 52.9 Å². The second-order valence-corrected chi connectivity index (χ2v) is 0.316. The van der Waals surface area contributed by atoms with E-state index in [0.717, 1.165) is 0 Å². The summed E-state index contributed by atoms with van der Waals surface area (Å²) < 4.78 is 0. The van der Waals surface area contributed by atoms with E-state index >= 15 is 0 Å². The summed E-state index contributed by atoms with van der Waals surface area (Å²) in [6.07, 6.45) is 0. The van der Waals surface area contributed by atoms with E-state index in [9.17, 15) is 0 Å². The second-order valence-electron chi connectivity index (χ2n) is 0.316. The molecule has 0 saturated carbocycles. The van der Waals surface area contributed by atoms with Crippen LogP contribution >= 0.6 is 34.0 Å². The second kappa shape index (κ2) is 20.5. The zero-order valence-corrected chi connectivity index (χ0v) is 6.40. The Morgan fingerprint density at radius 1 is 1.40 bits per heavy atom. The molecular weight excluding hydrogens is 200 g/mol. The van der Waals surface area contributed by atoms with E-state index in [4.69, 9.17) is 5.11 Å². The molecule has 1 nitrogen and oxygen atoms in total. The van der Waals surface area contributed by atoms with Gasteiger partial charge in [-0.25, -0.2) is 0 Å². The fourth-order valence-corrected chi connectivity index (χ4v) is 0. The van der Waals surface area contributed by atoms with Gasteiger partial charge in [-0.1, -0.05) is 0 Å². The standard InChI is InChI=1S/C2H6O.2BrH/c1-2-3;;/h3H,2H2,1H3;2*1H. The average molecular weight is 208 g/mol. The molecule has 0 unspecified atom stereocenters. The van der Waals surface area contributed by atoms with Crippen molar-refractivity contribution >= 4 is 34.0 Å². The molecule has 0 aromatic carbocycles. The summed E-state index contributed by atoms with van der Waals surface area (Å²) in [5, 5.41) is 7.57. The molecular formula is C2H8Br2O. The molecule has 5 heavy (non-hydrogen) atoms. The Kier molecular flexibility index (Phi) is 68.9. The molecule has 0 aromatic heterocycles. The van der Waals surface area contributed by atoms with E-state index in [-0.39, 0.29) is 40.6 Å². The van der Waals surface area contributed by atoms with Crippen LogP contribution in [0.15, 0.2) is 0 Å². The Bertz CT molecular complexity index is 7.61. The van der Waals surface area contributed by atoms with E-state index in [1.807, 2.05) is 0 Å². The lowest BCUT2D eigenvalue weighted by atomic mass is 10.9. The summed E-state index contributed by atoms with van der Waals surface area (Å²) in [6.45, 7) is 1.93. The predicted molar refractivity (Wildman–Crippen MR) is 33.4 cm³/mol. The van der Waals surface area contributed by atoms with E-state index in [1.54, 1.807) is 6.92 Å². The number of hydrogen-bond acceptors (Lipinski definition) is 1. The minimum atomic E-state index is 0. The number of aliphatic hydroxyl groups is 1. The van der Waals surface area contributed by atoms with Gasteiger partial charge < -0.3 is 5.11 Å². The molecule has 0 radical (unpaired) electrons. The minimum Gasteiger partial charge on any atom is -0.397 e. The van der Waals surface area contributed by atoms with Crippen molar-refractivity contribution in [3.05, 3.63) is 0 Å². The van der Waals surface area contributed by atoms with Crippen LogP contribution in [0, 0.1) is 0 Å². The fraction of sp³-hybridized carbons (Fsp3) is 1.00. The molecule has 0 aliphatic heterocycles. The van der Waals surface area contributed by atoms with Crippen LogP contribution in [0.5, 0.6) is 0 Å². The topological polar surface area (TPSA) is 20.2 Å². The number of rotatable bonds is 0. The lowest BCUT2D eigenvalue weighted by molar-refractivity contribution is 0.318. The zero-order chi connectivity index (χ0) is 2.71. The van der Waals surface area contributed by atoms with Crippen molar-refractivity contribution in [3.63, 3.8) is 0 Å². The van der Waals surface area contributed by atoms with Crippen molar-refractivity contribution in [2.45, 2.75) is 6.92 Å². The molecule has 0 atom stereocenters. The smallest absolute Gasteiger partial charge is 0.0402 e. The largest absolute Gasteiger partial charge is 0.397 e. The van der Waals surface area contributed by atoms with Crippen LogP contribution in [0.1, 0.15) is 6.92 Å². The minimum absolute atomic E-state index is 0. The Balaban J connectivity index is -0.0000000200. The van der Waals surface area contributed by atoms with Crippen LogP contribution in [0.3, 0.4) is 0 Å². The Morgan fingerprint density at radius 2 is 1.40 bits per heavy atom. The molecule has 0 bridgehead atoms. The van der Waals surface area contributed by atoms with Gasteiger partial charge in [0.05, 0.1) is 0 Å². The van der Waals surface area contributed by atoms with Crippen LogP contribution in [-0.2, 0) is 0 Å². The highest BCUT2D eigenvalue weighted by Crippen LogP contribution is 1.30. The summed E-state index contributed by atoms with van der Waals surface area (Å²) in [6, 6.07) is 0. The third-order valence-electron chi connectivity index (χ3n) is 0. The SMILES string of the molecule is Br.Br.CCO. The average Bonchev–Trinajstić information content (AvgIpc) is 0.918. The van der Waals surface area contributed by atoms with Gasteiger partial charge in [0.2, 0.25) is 0 Å². The van der Waals surface area contributed by atoms with Crippen LogP contribution in [-0.4, -0.2) is 11.7 Å². The normalized spacial score (nSPS) is 3.60. The lowest BCUT2D eigenvalue weighted by Gasteiger charge is -1.52. The molecule has 0 spiro atoms. The van der Waals surface area contributed by atoms with Gasteiger partial charge >= 0.3 is 0 Å². The first-order chi connectivity index (χ1) is 1.41. The van der Waals surface area contributed by atoms with Gasteiger partial charge in [0.25, 0.3) is 0 Å². The number of aliphatic hydroxyl groups excluding tert-OH is 1. The first-order valence-electron chi connectivity index (χ1n) is 1.02. The molecule has 1 N–H and O–H groups in total. The van der Waals surface area contributed by atoms with Gasteiger partial charge in [0, 0.05) is 6.61 Å². The summed E-state index contributed by atoms with van der Waals surface area (Å²) in [4.78, 5) is 0. The molecule has 0 aromatic rings. The highest BCUT2D eigenvalue weighted by molar-refractivity contribution is 8.93. The fourth-order valence-electron chi connectivity index (χ4n) is 0. The van der Waals surface area contributed by atoms with E-state index in [2.05, 4.69) is 0 Å². The molecule has 36 valence electrons. The molecule has 0 amide bonds. The zero-order valence-electron chi connectivity index (χ0n) is 2.97. The Hall–Kier alpha value is 0.920. The molecule has 0 rings (SSSR count). The van der Waals surface area contributed by atoms with Crippen molar-refractivity contribution < 1.29 is 5.11 Å². The molecule has 0 aliphatic rings. The summed E-state index contributed by atoms with van der Waals surface area (Å²) in [5.74, 6) is 0. The monoisotopic (exact) mass is 206 g/mol. The molecule has 3 heteroatoms.